The number of rotatable bonds is 1. The van der Waals surface area contributed by atoms with E-state index in [1.165, 1.54) is 0 Å². The Bertz CT molecular complexity index is 358. The molecule has 0 amide bonds. The van der Waals surface area contributed by atoms with Gasteiger partial charge in [-0.3, -0.25) is 4.98 Å². The van der Waals surface area contributed by atoms with Crippen LogP contribution in [0.25, 0.3) is 11.0 Å². The fourth-order valence-corrected chi connectivity index (χ4v) is 1.09. The van der Waals surface area contributed by atoms with Crippen molar-refractivity contribution in [3.8, 4) is 0 Å². The average Bonchev–Trinajstić information content (AvgIpc) is 2.46. The number of aromatic nitrogens is 3. The molecule has 0 radical (unpaired) electrons. The van der Waals surface area contributed by atoms with E-state index in [9.17, 15) is 0 Å². The van der Waals surface area contributed by atoms with E-state index in [-0.39, 0.29) is 6.04 Å². The predicted molar refractivity (Wildman–Crippen MR) is 46.5 cm³/mol. The largest absolute Gasteiger partial charge is 0.341 e. The van der Waals surface area contributed by atoms with E-state index < -0.39 is 0 Å². The van der Waals surface area contributed by atoms with Gasteiger partial charge >= 0.3 is 0 Å². The lowest BCUT2D eigenvalue weighted by molar-refractivity contribution is 0.760. The lowest BCUT2D eigenvalue weighted by Gasteiger charge is -1.96. The number of imidazole rings is 1. The van der Waals surface area contributed by atoms with E-state index in [2.05, 4.69) is 15.0 Å². The molecule has 0 saturated carbocycles. The summed E-state index contributed by atoms with van der Waals surface area (Å²) in [6.45, 7) is 1.89. The Morgan fingerprint density at radius 3 is 3.08 bits per heavy atom. The van der Waals surface area contributed by atoms with Crippen LogP contribution in [0.5, 0.6) is 0 Å². The van der Waals surface area contributed by atoms with Crippen LogP contribution in [0.3, 0.4) is 0 Å². The van der Waals surface area contributed by atoms with Crippen LogP contribution in [-0.2, 0) is 0 Å². The van der Waals surface area contributed by atoms with Crippen molar-refractivity contribution in [1.29, 1.82) is 0 Å². The molecule has 3 N–H and O–H groups in total. The fourth-order valence-electron chi connectivity index (χ4n) is 1.09. The van der Waals surface area contributed by atoms with Crippen molar-refractivity contribution < 1.29 is 0 Å². The van der Waals surface area contributed by atoms with Crippen molar-refractivity contribution in [3.05, 3.63) is 24.3 Å². The first kappa shape index (κ1) is 7.24. The van der Waals surface area contributed by atoms with Crippen LogP contribution in [0.2, 0.25) is 0 Å². The van der Waals surface area contributed by atoms with E-state index in [0.717, 1.165) is 16.9 Å². The molecule has 0 bridgehead atoms. The van der Waals surface area contributed by atoms with E-state index in [0.29, 0.717) is 0 Å². The molecule has 4 heteroatoms. The van der Waals surface area contributed by atoms with Gasteiger partial charge in [-0.15, -0.1) is 0 Å². The van der Waals surface area contributed by atoms with Gasteiger partial charge in [-0.1, -0.05) is 0 Å². The maximum atomic E-state index is 5.66. The SMILES string of the molecule is C[C@H](N)c1nc2cnccc2[nH]1. The van der Waals surface area contributed by atoms with Crippen LogP contribution in [0, 0.1) is 0 Å². The number of H-pyrrole nitrogens is 1. The standard InChI is InChI=1S/C8H10N4/c1-5(9)8-11-6-2-3-10-4-7(6)12-8/h2-5H,9H2,1H3,(H,11,12)/t5-/m0/s1. The molecule has 0 aromatic carbocycles. The Kier molecular flexibility index (Phi) is 1.55. The van der Waals surface area contributed by atoms with E-state index >= 15 is 0 Å². The first-order chi connectivity index (χ1) is 5.77. The molecule has 2 heterocycles. The minimum Gasteiger partial charge on any atom is -0.341 e. The van der Waals surface area contributed by atoms with Crippen molar-refractivity contribution in [2.45, 2.75) is 13.0 Å². The number of nitrogens with one attached hydrogen (secondary N) is 1. The van der Waals surface area contributed by atoms with Gasteiger partial charge in [0.1, 0.15) is 11.3 Å². The third kappa shape index (κ3) is 1.06. The Labute approximate surface area is 69.8 Å². The first-order valence-electron chi connectivity index (χ1n) is 3.82. The van der Waals surface area contributed by atoms with Gasteiger partial charge in [0, 0.05) is 6.20 Å². The van der Waals surface area contributed by atoms with Gasteiger partial charge in [0.05, 0.1) is 17.8 Å². The average molecular weight is 162 g/mol. The summed E-state index contributed by atoms with van der Waals surface area (Å²) in [7, 11) is 0. The van der Waals surface area contributed by atoms with Gasteiger partial charge in [-0.05, 0) is 13.0 Å². The van der Waals surface area contributed by atoms with Crippen LogP contribution >= 0.6 is 0 Å². The quantitative estimate of drug-likeness (QED) is 0.656. The highest BCUT2D eigenvalue weighted by molar-refractivity contribution is 5.73. The molecular formula is C8H10N4. The van der Waals surface area contributed by atoms with Crippen molar-refractivity contribution in [2.24, 2.45) is 5.73 Å². The molecule has 0 unspecified atom stereocenters. The Morgan fingerprint density at radius 2 is 2.42 bits per heavy atom. The maximum absolute atomic E-state index is 5.66. The molecule has 12 heavy (non-hydrogen) atoms. The summed E-state index contributed by atoms with van der Waals surface area (Å²) < 4.78 is 0. The lowest BCUT2D eigenvalue weighted by Crippen LogP contribution is -2.06. The highest BCUT2D eigenvalue weighted by atomic mass is 15.0. The van der Waals surface area contributed by atoms with Gasteiger partial charge in [0.2, 0.25) is 0 Å². The summed E-state index contributed by atoms with van der Waals surface area (Å²) in [5.74, 6) is 0.804. The number of aromatic amines is 1. The van der Waals surface area contributed by atoms with Crippen LogP contribution in [0.1, 0.15) is 18.8 Å². The van der Waals surface area contributed by atoms with Crippen LogP contribution in [0.15, 0.2) is 18.5 Å². The highest BCUT2D eigenvalue weighted by Crippen LogP contribution is 2.12. The summed E-state index contributed by atoms with van der Waals surface area (Å²) in [6, 6.07) is 1.83. The second-order valence-electron chi connectivity index (χ2n) is 2.80. The molecule has 1 atom stereocenters. The van der Waals surface area contributed by atoms with Gasteiger partial charge in [0.15, 0.2) is 0 Å². The van der Waals surface area contributed by atoms with Gasteiger partial charge in [-0.25, -0.2) is 4.98 Å². The summed E-state index contributed by atoms with van der Waals surface area (Å²) in [5.41, 5.74) is 7.51. The van der Waals surface area contributed by atoms with Crippen LogP contribution in [-0.4, -0.2) is 15.0 Å². The molecule has 2 aromatic heterocycles. The third-order valence-electron chi connectivity index (χ3n) is 1.73. The zero-order chi connectivity index (χ0) is 8.55. The smallest absolute Gasteiger partial charge is 0.124 e. The number of hydrogen-bond donors (Lipinski definition) is 2. The monoisotopic (exact) mass is 162 g/mol. The summed E-state index contributed by atoms with van der Waals surface area (Å²) >= 11 is 0. The second kappa shape index (κ2) is 2.57. The molecule has 62 valence electrons. The van der Waals surface area contributed by atoms with Crippen molar-refractivity contribution in [2.75, 3.05) is 0 Å². The van der Waals surface area contributed by atoms with Crippen molar-refractivity contribution >= 4 is 11.0 Å². The third-order valence-corrected chi connectivity index (χ3v) is 1.73. The number of pyridine rings is 1. The van der Waals surface area contributed by atoms with Gasteiger partial charge < -0.3 is 10.7 Å². The van der Waals surface area contributed by atoms with E-state index in [1.807, 2.05) is 13.0 Å². The first-order valence-corrected chi connectivity index (χ1v) is 3.82. The van der Waals surface area contributed by atoms with Crippen molar-refractivity contribution in [1.82, 2.24) is 15.0 Å². The Hall–Kier alpha value is -1.42. The predicted octanol–water partition coefficient (Wildman–Crippen LogP) is 0.978. The minimum absolute atomic E-state index is 0.0580. The maximum Gasteiger partial charge on any atom is 0.124 e. The Morgan fingerprint density at radius 1 is 1.58 bits per heavy atom. The Balaban J connectivity index is 2.62. The summed E-state index contributed by atoms with van der Waals surface area (Å²) in [5, 5.41) is 0. The lowest BCUT2D eigenvalue weighted by atomic mass is 10.3. The minimum atomic E-state index is -0.0580. The number of nitrogens with two attached hydrogens (primary N) is 1. The van der Waals surface area contributed by atoms with Crippen LogP contribution < -0.4 is 5.73 Å². The zero-order valence-corrected chi connectivity index (χ0v) is 6.78. The fraction of sp³-hybridized carbons (Fsp3) is 0.250. The molecule has 0 fully saturated rings. The molecular weight excluding hydrogens is 152 g/mol. The molecule has 4 nitrogen and oxygen atoms in total. The molecule has 0 aliphatic carbocycles. The van der Waals surface area contributed by atoms with Gasteiger partial charge in [0.25, 0.3) is 0 Å². The molecule has 2 aromatic rings. The topological polar surface area (TPSA) is 67.6 Å². The summed E-state index contributed by atoms with van der Waals surface area (Å²) in [4.78, 5) is 11.4. The molecule has 0 aliphatic heterocycles. The molecule has 0 spiro atoms. The number of nitrogens with zero attached hydrogens (tertiary/aromatic N) is 2. The highest BCUT2D eigenvalue weighted by Gasteiger charge is 2.04. The molecule has 0 aliphatic rings. The van der Waals surface area contributed by atoms with E-state index in [1.54, 1.807) is 12.4 Å². The molecule has 0 saturated heterocycles. The van der Waals surface area contributed by atoms with Crippen molar-refractivity contribution in [3.63, 3.8) is 0 Å². The number of hydrogen-bond acceptors (Lipinski definition) is 3. The van der Waals surface area contributed by atoms with Gasteiger partial charge in [-0.2, -0.15) is 0 Å². The number of fused-ring (bicyclic) bond motifs is 1. The van der Waals surface area contributed by atoms with E-state index in [4.69, 9.17) is 5.73 Å². The van der Waals surface area contributed by atoms with Crippen LogP contribution in [0.4, 0.5) is 0 Å². The normalized spacial score (nSPS) is 13.5. The second-order valence-corrected chi connectivity index (χ2v) is 2.80. The molecule has 2 rings (SSSR count). The summed E-state index contributed by atoms with van der Waals surface area (Å²) in [6.07, 6.45) is 3.45. The zero-order valence-electron chi connectivity index (χ0n) is 6.78.